The van der Waals surface area contributed by atoms with Crippen molar-refractivity contribution in [3.63, 3.8) is 0 Å². The van der Waals surface area contributed by atoms with Crippen molar-refractivity contribution in [2.24, 2.45) is 5.41 Å². The van der Waals surface area contributed by atoms with Crippen molar-refractivity contribution in [1.29, 1.82) is 0 Å². The molecule has 4 amide bonds. The molecule has 0 unspecified atom stereocenters. The summed E-state index contributed by atoms with van der Waals surface area (Å²) >= 11 is 1.49. The smallest absolute Gasteiger partial charge is 0.277 e. The Morgan fingerprint density at radius 2 is 2.05 bits per heavy atom. The molecule has 19 heavy (non-hydrogen) atoms. The Balaban J connectivity index is 2.09. The second-order valence-corrected chi connectivity index (χ2v) is 5.92. The van der Waals surface area contributed by atoms with Gasteiger partial charge in [0.05, 0.1) is 5.01 Å². The van der Waals surface area contributed by atoms with Gasteiger partial charge >= 0.3 is 6.03 Å². The van der Waals surface area contributed by atoms with Crippen molar-refractivity contribution in [3.8, 4) is 0 Å². The maximum atomic E-state index is 12.1. The summed E-state index contributed by atoms with van der Waals surface area (Å²) in [5.74, 6) is -1.02. The molecule has 1 aromatic rings. The van der Waals surface area contributed by atoms with E-state index in [2.05, 4.69) is 10.3 Å². The van der Waals surface area contributed by atoms with Crippen LogP contribution in [0.3, 0.4) is 0 Å². The van der Waals surface area contributed by atoms with Crippen LogP contribution in [0.2, 0.25) is 0 Å². The number of rotatable bonds is 3. The molecule has 1 saturated heterocycles. The van der Waals surface area contributed by atoms with Gasteiger partial charge in [-0.2, -0.15) is 0 Å². The number of hydrogen-bond donors (Lipinski definition) is 1. The Bertz CT molecular complexity index is 550. The van der Waals surface area contributed by atoms with Gasteiger partial charge in [0.25, 0.3) is 0 Å². The first-order valence-electron chi connectivity index (χ1n) is 5.91. The monoisotopic (exact) mass is 281 g/mol. The van der Waals surface area contributed by atoms with Gasteiger partial charge in [0.15, 0.2) is 0 Å². The predicted octanol–water partition coefficient (Wildman–Crippen LogP) is 1.10. The van der Waals surface area contributed by atoms with E-state index in [0.29, 0.717) is 6.42 Å². The van der Waals surface area contributed by atoms with Crippen molar-refractivity contribution in [3.05, 3.63) is 16.1 Å². The molecule has 102 valence electrons. The topological polar surface area (TPSA) is 79.4 Å². The van der Waals surface area contributed by atoms with E-state index in [0.717, 1.165) is 15.6 Å². The summed E-state index contributed by atoms with van der Waals surface area (Å²) in [4.78, 5) is 40.7. The van der Waals surface area contributed by atoms with E-state index in [1.54, 1.807) is 0 Å². The summed E-state index contributed by atoms with van der Waals surface area (Å²) in [7, 11) is 0. The number of aryl methyl sites for hydroxylation is 1. The quantitative estimate of drug-likeness (QED) is 0.841. The van der Waals surface area contributed by atoms with Crippen molar-refractivity contribution in [2.45, 2.75) is 27.2 Å². The van der Waals surface area contributed by atoms with Gasteiger partial charge in [-0.05, 0) is 20.8 Å². The molecule has 1 aliphatic heterocycles. The van der Waals surface area contributed by atoms with Crippen LogP contribution in [0, 0.1) is 12.3 Å². The van der Waals surface area contributed by atoms with Crippen molar-refractivity contribution in [1.82, 2.24) is 15.2 Å². The standard InChI is InChI=1S/C12H15N3O3S/c1-7-6-19-8(13-7)4-5-15-10(17)12(2,3)9(16)14-11(15)18/h6H,4-5H2,1-3H3,(H,14,16,18). The fraction of sp³-hybridized carbons (Fsp3) is 0.500. The molecule has 0 bridgehead atoms. The minimum atomic E-state index is -1.20. The summed E-state index contributed by atoms with van der Waals surface area (Å²) in [6.45, 7) is 5.14. The second-order valence-electron chi connectivity index (χ2n) is 4.97. The third kappa shape index (κ3) is 2.51. The van der Waals surface area contributed by atoms with E-state index in [9.17, 15) is 14.4 Å². The summed E-state index contributed by atoms with van der Waals surface area (Å²) < 4.78 is 0. The van der Waals surface area contributed by atoms with Crippen LogP contribution in [0.15, 0.2) is 5.38 Å². The van der Waals surface area contributed by atoms with Crippen LogP contribution >= 0.6 is 11.3 Å². The Morgan fingerprint density at radius 3 is 2.63 bits per heavy atom. The maximum Gasteiger partial charge on any atom is 0.330 e. The summed E-state index contributed by atoms with van der Waals surface area (Å²) in [6, 6.07) is -0.650. The Morgan fingerprint density at radius 1 is 1.37 bits per heavy atom. The van der Waals surface area contributed by atoms with Gasteiger partial charge in [0.2, 0.25) is 11.8 Å². The molecule has 1 aromatic heterocycles. The van der Waals surface area contributed by atoms with Crippen LogP contribution in [0.1, 0.15) is 24.5 Å². The average Bonchev–Trinajstić information content (AvgIpc) is 2.73. The molecule has 0 aliphatic carbocycles. The SMILES string of the molecule is Cc1csc(CCN2C(=O)NC(=O)C(C)(C)C2=O)n1. The highest BCUT2D eigenvalue weighted by Gasteiger charge is 2.46. The molecule has 1 aliphatic rings. The first-order valence-corrected chi connectivity index (χ1v) is 6.78. The van der Waals surface area contributed by atoms with Crippen LogP contribution in [-0.4, -0.2) is 34.3 Å². The van der Waals surface area contributed by atoms with Crippen LogP contribution in [0.4, 0.5) is 4.79 Å². The number of imide groups is 2. The third-order valence-corrected chi connectivity index (χ3v) is 4.06. The summed E-state index contributed by atoms with van der Waals surface area (Å²) in [6.07, 6.45) is 0.502. The highest BCUT2D eigenvalue weighted by Crippen LogP contribution is 2.23. The van der Waals surface area contributed by atoms with E-state index in [-0.39, 0.29) is 6.54 Å². The summed E-state index contributed by atoms with van der Waals surface area (Å²) in [5, 5.41) is 4.99. The number of aromatic nitrogens is 1. The minimum absolute atomic E-state index is 0.230. The van der Waals surface area contributed by atoms with Gasteiger partial charge in [-0.3, -0.25) is 19.8 Å². The van der Waals surface area contributed by atoms with Crippen LogP contribution in [0.25, 0.3) is 0 Å². The molecular weight excluding hydrogens is 266 g/mol. The zero-order valence-corrected chi connectivity index (χ0v) is 11.8. The zero-order chi connectivity index (χ0) is 14.2. The molecular formula is C12H15N3O3S. The van der Waals surface area contributed by atoms with Gasteiger partial charge in [-0.15, -0.1) is 11.3 Å². The molecule has 0 spiro atoms. The minimum Gasteiger partial charge on any atom is -0.277 e. The van der Waals surface area contributed by atoms with Gasteiger partial charge in [0.1, 0.15) is 5.41 Å². The molecule has 6 nitrogen and oxygen atoms in total. The number of nitrogens with zero attached hydrogens (tertiary/aromatic N) is 2. The Kier molecular flexibility index (Phi) is 3.40. The second kappa shape index (κ2) is 4.73. The predicted molar refractivity (Wildman–Crippen MR) is 69.6 cm³/mol. The largest absolute Gasteiger partial charge is 0.330 e. The normalized spacial score (nSPS) is 18.7. The molecule has 2 heterocycles. The van der Waals surface area contributed by atoms with E-state index >= 15 is 0 Å². The molecule has 0 atom stereocenters. The number of hydrogen-bond acceptors (Lipinski definition) is 5. The lowest BCUT2D eigenvalue weighted by Crippen LogP contribution is -2.62. The molecule has 0 radical (unpaired) electrons. The van der Waals surface area contributed by atoms with Gasteiger partial charge < -0.3 is 0 Å². The molecule has 7 heteroatoms. The number of carbonyl (C=O) groups is 3. The highest BCUT2D eigenvalue weighted by atomic mass is 32.1. The van der Waals surface area contributed by atoms with E-state index in [1.165, 1.54) is 25.2 Å². The van der Waals surface area contributed by atoms with Gasteiger partial charge in [-0.25, -0.2) is 9.78 Å². The van der Waals surface area contributed by atoms with E-state index in [4.69, 9.17) is 0 Å². The lowest BCUT2D eigenvalue weighted by atomic mass is 9.89. The van der Waals surface area contributed by atoms with Gasteiger partial charge in [-0.1, -0.05) is 0 Å². The zero-order valence-electron chi connectivity index (χ0n) is 11.0. The number of barbiturate groups is 1. The third-order valence-electron chi connectivity index (χ3n) is 3.03. The van der Waals surface area contributed by atoms with E-state index in [1.807, 2.05) is 12.3 Å². The number of urea groups is 1. The lowest BCUT2D eigenvalue weighted by Gasteiger charge is -2.34. The van der Waals surface area contributed by atoms with Crippen molar-refractivity contribution < 1.29 is 14.4 Å². The fourth-order valence-corrected chi connectivity index (χ4v) is 2.54. The number of amides is 4. The highest BCUT2D eigenvalue weighted by molar-refractivity contribution is 7.09. The van der Waals surface area contributed by atoms with Crippen LogP contribution in [-0.2, 0) is 16.0 Å². The molecule has 1 N–H and O–H groups in total. The Hall–Kier alpha value is -1.76. The van der Waals surface area contributed by atoms with Crippen molar-refractivity contribution >= 4 is 29.2 Å². The summed E-state index contributed by atoms with van der Waals surface area (Å²) in [5.41, 5.74) is -0.280. The fourth-order valence-electron chi connectivity index (χ4n) is 1.78. The lowest BCUT2D eigenvalue weighted by molar-refractivity contribution is -0.148. The number of carbonyl (C=O) groups excluding carboxylic acids is 3. The first-order chi connectivity index (χ1) is 8.82. The molecule has 1 fully saturated rings. The molecule has 0 aromatic carbocycles. The number of thiazole rings is 1. The van der Waals surface area contributed by atoms with Crippen molar-refractivity contribution in [2.75, 3.05) is 6.54 Å². The molecule has 0 saturated carbocycles. The number of nitrogens with one attached hydrogen (secondary N) is 1. The van der Waals surface area contributed by atoms with Crippen LogP contribution in [0.5, 0.6) is 0 Å². The first kappa shape index (κ1) is 13.7. The molecule has 2 rings (SSSR count). The maximum absolute atomic E-state index is 12.1. The van der Waals surface area contributed by atoms with Crippen LogP contribution < -0.4 is 5.32 Å². The Labute approximate surface area is 114 Å². The van der Waals surface area contributed by atoms with E-state index < -0.39 is 23.3 Å². The van der Waals surface area contributed by atoms with Gasteiger partial charge in [0, 0.05) is 24.0 Å². The average molecular weight is 281 g/mol.